The minimum Gasteiger partial charge on any atom is -0.325 e. The highest BCUT2D eigenvalue weighted by Crippen LogP contribution is 2.33. The molecule has 25 heavy (non-hydrogen) atoms. The van der Waals surface area contributed by atoms with E-state index in [-0.39, 0.29) is 12.3 Å². The normalized spacial score (nSPS) is 12.4. The number of carbonyl (C=O) groups excluding carboxylic acids is 2. The fraction of sp³-hybridized carbons (Fsp3) is 0.529. The molecule has 0 heterocycles. The molecule has 1 rings (SSSR count). The fourth-order valence-electron chi connectivity index (χ4n) is 2.27. The van der Waals surface area contributed by atoms with Gasteiger partial charge in [-0.2, -0.15) is 0 Å². The van der Waals surface area contributed by atoms with Gasteiger partial charge in [0.2, 0.25) is 11.8 Å². The third-order valence-electron chi connectivity index (χ3n) is 3.60. The van der Waals surface area contributed by atoms with E-state index in [4.69, 9.17) is 5.21 Å². The maximum atomic E-state index is 12.5. The zero-order valence-corrected chi connectivity index (χ0v) is 15.7. The first-order valence-electron chi connectivity index (χ1n) is 8.38. The summed E-state index contributed by atoms with van der Waals surface area (Å²) in [5.41, 5.74) is 2.32. The molecular weight excluding hydrogens is 341 g/mol. The minimum atomic E-state index is -2.28. The van der Waals surface area contributed by atoms with Crippen LogP contribution in [0.2, 0.25) is 0 Å². The van der Waals surface area contributed by atoms with E-state index in [2.05, 4.69) is 10.6 Å². The average molecular weight is 369 g/mol. The highest BCUT2D eigenvalue weighted by molar-refractivity contribution is 7.62. The molecule has 0 aliphatic carbocycles. The first-order valence-corrected chi connectivity index (χ1v) is 11.2. The fourth-order valence-corrected chi connectivity index (χ4v) is 2.93. The summed E-state index contributed by atoms with van der Waals surface area (Å²) in [4.78, 5) is 23.5. The van der Waals surface area contributed by atoms with Gasteiger partial charge in [-0.15, -0.1) is 0 Å². The van der Waals surface area contributed by atoms with E-state index < -0.39 is 19.1 Å². The van der Waals surface area contributed by atoms with Crippen molar-refractivity contribution in [2.75, 3.05) is 24.9 Å². The van der Waals surface area contributed by atoms with E-state index in [1.807, 2.05) is 30.3 Å². The van der Waals surface area contributed by atoms with Crippen molar-refractivity contribution in [1.82, 2.24) is 10.8 Å². The number of hydrogen-bond donors (Lipinski definition) is 4. The lowest BCUT2D eigenvalue weighted by Gasteiger charge is -2.20. The highest BCUT2D eigenvalue weighted by atomic mass is 31.2. The van der Waals surface area contributed by atoms with Gasteiger partial charge in [0.1, 0.15) is 0 Å². The van der Waals surface area contributed by atoms with Crippen LogP contribution in [0.4, 0.5) is 5.69 Å². The van der Waals surface area contributed by atoms with Gasteiger partial charge in [0.25, 0.3) is 0 Å². The highest BCUT2D eigenvalue weighted by Gasteiger charge is 2.20. The summed E-state index contributed by atoms with van der Waals surface area (Å²) in [6.07, 6.45) is 3.28. The van der Waals surface area contributed by atoms with E-state index in [1.165, 1.54) is 0 Å². The Kier molecular flexibility index (Phi) is 9.42. The van der Waals surface area contributed by atoms with Crippen LogP contribution < -0.4 is 16.1 Å². The number of hydroxylamine groups is 1. The Hall–Kier alpha value is -1.69. The number of benzene rings is 1. The molecule has 0 spiro atoms. The summed E-state index contributed by atoms with van der Waals surface area (Å²) in [6, 6.07) is 8.74. The third-order valence-corrected chi connectivity index (χ3v) is 4.54. The van der Waals surface area contributed by atoms with E-state index in [0.717, 1.165) is 18.5 Å². The van der Waals surface area contributed by atoms with Gasteiger partial charge < -0.3 is 9.88 Å². The van der Waals surface area contributed by atoms with Crippen LogP contribution in [0.3, 0.4) is 0 Å². The molecule has 0 radical (unpaired) electrons. The van der Waals surface area contributed by atoms with Crippen LogP contribution in [0.5, 0.6) is 0 Å². The molecule has 4 N–H and O–H groups in total. The molecule has 1 atom stereocenters. The largest absolute Gasteiger partial charge is 0.325 e. The second kappa shape index (κ2) is 11.0. The van der Waals surface area contributed by atoms with Crippen LogP contribution in [-0.2, 0) is 14.2 Å². The molecule has 0 bridgehead atoms. The van der Waals surface area contributed by atoms with Crippen molar-refractivity contribution < 1.29 is 19.4 Å². The summed E-state index contributed by atoms with van der Waals surface area (Å²) in [6.45, 7) is 3.36. The first kappa shape index (κ1) is 21.4. The lowest BCUT2D eigenvalue weighted by Crippen LogP contribution is -2.40. The maximum Gasteiger partial charge on any atom is 0.243 e. The molecule has 8 heteroatoms. The number of para-hydroxylation sites is 1. The van der Waals surface area contributed by atoms with Crippen LogP contribution >= 0.6 is 7.14 Å². The van der Waals surface area contributed by atoms with E-state index >= 15 is 0 Å². The van der Waals surface area contributed by atoms with Crippen LogP contribution in [0, 0.1) is 0 Å². The zero-order chi connectivity index (χ0) is 18.7. The van der Waals surface area contributed by atoms with Gasteiger partial charge in [-0.3, -0.25) is 20.1 Å². The molecule has 1 unspecified atom stereocenters. The lowest BCUT2D eigenvalue weighted by molar-refractivity contribution is -0.129. The van der Waals surface area contributed by atoms with Crippen molar-refractivity contribution in [3.05, 3.63) is 30.3 Å². The number of unbranched alkanes of at least 4 members (excludes halogenated alkanes) is 2. The van der Waals surface area contributed by atoms with Gasteiger partial charge in [0.15, 0.2) is 0 Å². The maximum absolute atomic E-state index is 12.5. The lowest BCUT2D eigenvalue weighted by atomic mass is 10.1. The van der Waals surface area contributed by atoms with Crippen molar-refractivity contribution >= 4 is 24.6 Å². The Morgan fingerprint density at radius 1 is 1.12 bits per heavy atom. The summed E-state index contributed by atoms with van der Waals surface area (Å²) in [5.74, 6) is -0.567. The Morgan fingerprint density at radius 3 is 2.40 bits per heavy atom. The molecule has 0 aliphatic rings. The van der Waals surface area contributed by atoms with Crippen LogP contribution in [0.1, 0.15) is 32.1 Å². The standard InChI is InChI=1S/C17H28N3O4P/c1-25(2,24)13-18-15(11-7-4-8-12-16(21)20-23)17(22)19-14-9-5-3-6-10-14/h3,5-6,9-10,15,18,23H,4,7-8,11-13H2,1-2H3,(H,19,22)(H,20,21). The Labute approximate surface area is 148 Å². The monoisotopic (exact) mass is 369 g/mol. The smallest absolute Gasteiger partial charge is 0.243 e. The molecular formula is C17H28N3O4P. The van der Waals surface area contributed by atoms with E-state index in [0.29, 0.717) is 19.1 Å². The predicted molar refractivity (Wildman–Crippen MR) is 99.3 cm³/mol. The summed E-state index contributed by atoms with van der Waals surface area (Å²) < 4.78 is 11.9. The predicted octanol–water partition coefficient (Wildman–Crippen LogP) is 2.62. The number of rotatable bonds is 11. The van der Waals surface area contributed by atoms with Gasteiger partial charge in [0, 0.05) is 18.4 Å². The summed E-state index contributed by atoms with van der Waals surface area (Å²) in [5, 5.41) is 14.4. The Bertz CT molecular complexity index is 589. The SMILES string of the molecule is CP(C)(=O)CNC(CCCCCC(=O)NO)C(=O)Nc1ccccc1. The summed E-state index contributed by atoms with van der Waals surface area (Å²) in [7, 11) is -2.28. The molecule has 0 aromatic heterocycles. The van der Waals surface area contributed by atoms with Crippen LogP contribution in [0.15, 0.2) is 30.3 Å². The molecule has 1 aromatic carbocycles. The second-order valence-electron chi connectivity index (χ2n) is 6.48. The molecule has 7 nitrogen and oxygen atoms in total. The molecule has 2 amide bonds. The van der Waals surface area contributed by atoms with Crippen molar-refractivity contribution in [1.29, 1.82) is 0 Å². The Balaban J connectivity index is 2.51. The van der Waals surface area contributed by atoms with Crippen molar-refractivity contribution in [2.45, 2.75) is 38.1 Å². The number of hydrogen-bond acceptors (Lipinski definition) is 5. The van der Waals surface area contributed by atoms with Gasteiger partial charge in [0.05, 0.1) is 13.2 Å². The third kappa shape index (κ3) is 10.0. The van der Waals surface area contributed by atoms with Crippen molar-refractivity contribution in [2.24, 2.45) is 0 Å². The zero-order valence-electron chi connectivity index (χ0n) is 14.8. The number of amides is 2. The number of nitrogens with one attached hydrogen (secondary N) is 3. The van der Waals surface area contributed by atoms with Crippen LogP contribution in [-0.4, -0.2) is 42.7 Å². The molecule has 0 saturated heterocycles. The Morgan fingerprint density at radius 2 is 1.80 bits per heavy atom. The van der Waals surface area contributed by atoms with Crippen molar-refractivity contribution in [3.8, 4) is 0 Å². The van der Waals surface area contributed by atoms with E-state index in [1.54, 1.807) is 18.8 Å². The minimum absolute atomic E-state index is 0.159. The van der Waals surface area contributed by atoms with Gasteiger partial charge in [-0.25, -0.2) is 5.48 Å². The molecule has 0 fully saturated rings. The first-order chi connectivity index (χ1) is 11.8. The molecule has 0 aliphatic heterocycles. The van der Waals surface area contributed by atoms with Crippen molar-refractivity contribution in [3.63, 3.8) is 0 Å². The molecule has 140 valence electrons. The molecule has 0 saturated carbocycles. The topological polar surface area (TPSA) is 108 Å². The quantitative estimate of drug-likeness (QED) is 0.208. The molecule has 1 aromatic rings. The van der Waals surface area contributed by atoms with Gasteiger partial charge in [-0.1, -0.05) is 31.0 Å². The second-order valence-corrected chi connectivity index (χ2v) is 9.94. The number of carbonyl (C=O) groups is 2. The van der Waals surface area contributed by atoms with E-state index in [9.17, 15) is 14.2 Å². The van der Waals surface area contributed by atoms with Crippen LogP contribution in [0.25, 0.3) is 0 Å². The van der Waals surface area contributed by atoms with Gasteiger partial charge >= 0.3 is 0 Å². The average Bonchev–Trinajstić information content (AvgIpc) is 2.56. The van der Waals surface area contributed by atoms with Gasteiger partial charge in [-0.05, 0) is 38.3 Å². The number of anilines is 1. The summed E-state index contributed by atoms with van der Waals surface area (Å²) >= 11 is 0.